The third kappa shape index (κ3) is 5.73. The summed E-state index contributed by atoms with van der Waals surface area (Å²) in [4.78, 5) is 7.20. The number of nitrogens with zero attached hydrogens (tertiary/aromatic N) is 6. The SMILES string of the molecule is CN1CCC(n2cc(-c3cnc4c(c3)c(-c3ccc(OC5CCOCC5)c(C#N)c3)cn4S(=O)(=O)c3ccccc3)cn2)CC1. The van der Waals surface area contributed by atoms with Gasteiger partial charge in [-0.2, -0.15) is 10.4 Å². The van der Waals surface area contributed by atoms with Gasteiger partial charge in [-0.3, -0.25) is 4.68 Å². The van der Waals surface area contributed by atoms with Crippen molar-refractivity contribution in [2.24, 2.45) is 0 Å². The number of aromatic nitrogens is 4. The Morgan fingerprint density at radius 2 is 1.71 bits per heavy atom. The number of rotatable bonds is 7. The van der Waals surface area contributed by atoms with Gasteiger partial charge in [-0.25, -0.2) is 17.4 Å². The molecule has 0 radical (unpaired) electrons. The molecule has 45 heavy (non-hydrogen) atoms. The van der Waals surface area contributed by atoms with Crippen LogP contribution in [-0.4, -0.2) is 71.5 Å². The quantitative estimate of drug-likeness (QED) is 0.234. The summed E-state index contributed by atoms with van der Waals surface area (Å²) in [6.45, 7) is 3.33. The lowest BCUT2D eigenvalue weighted by Crippen LogP contribution is -2.31. The van der Waals surface area contributed by atoms with Gasteiger partial charge in [-0.1, -0.05) is 24.3 Å². The summed E-state index contributed by atoms with van der Waals surface area (Å²) in [5, 5.41) is 15.4. The second kappa shape index (κ2) is 12.1. The molecule has 0 N–H and O–H groups in total. The van der Waals surface area contributed by atoms with E-state index in [9.17, 15) is 13.7 Å². The molecule has 5 heterocycles. The van der Waals surface area contributed by atoms with Crippen molar-refractivity contribution in [3.8, 4) is 34.1 Å². The molecule has 230 valence electrons. The number of likely N-dealkylation sites (tertiary alicyclic amines) is 1. The van der Waals surface area contributed by atoms with Crippen LogP contribution in [0.1, 0.15) is 37.3 Å². The van der Waals surface area contributed by atoms with Crippen LogP contribution in [0, 0.1) is 11.3 Å². The van der Waals surface area contributed by atoms with Crippen molar-refractivity contribution in [1.29, 1.82) is 5.26 Å². The van der Waals surface area contributed by atoms with E-state index in [0.717, 1.165) is 49.9 Å². The van der Waals surface area contributed by atoms with E-state index in [1.807, 2.05) is 29.2 Å². The van der Waals surface area contributed by atoms with Gasteiger partial charge < -0.3 is 14.4 Å². The monoisotopic (exact) mass is 622 g/mol. The maximum absolute atomic E-state index is 13.9. The maximum atomic E-state index is 13.9. The molecule has 2 aromatic carbocycles. The first-order valence-corrected chi connectivity index (χ1v) is 16.7. The van der Waals surface area contributed by atoms with Gasteiger partial charge in [-0.15, -0.1) is 0 Å². The van der Waals surface area contributed by atoms with E-state index in [1.54, 1.807) is 54.9 Å². The van der Waals surface area contributed by atoms with Gasteiger partial charge in [0.05, 0.1) is 35.9 Å². The topological polar surface area (TPSA) is 115 Å². The molecule has 2 fully saturated rings. The fraction of sp³-hybridized carbons (Fsp3) is 0.324. The first-order chi connectivity index (χ1) is 21.9. The van der Waals surface area contributed by atoms with Crippen LogP contribution in [0.5, 0.6) is 5.75 Å². The molecular formula is C34H34N6O4S. The van der Waals surface area contributed by atoms with Crippen molar-refractivity contribution in [1.82, 2.24) is 23.6 Å². The molecule has 0 atom stereocenters. The Morgan fingerprint density at radius 1 is 0.933 bits per heavy atom. The van der Waals surface area contributed by atoms with Gasteiger partial charge in [0.25, 0.3) is 10.0 Å². The Morgan fingerprint density at radius 3 is 2.47 bits per heavy atom. The van der Waals surface area contributed by atoms with Crippen LogP contribution in [0.15, 0.2) is 84.3 Å². The average Bonchev–Trinajstić information content (AvgIpc) is 3.72. The number of fused-ring (bicyclic) bond motifs is 1. The Hall–Kier alpha value is -4.50. The van der Waals surface area contributed by atoms with Gasteiger partial charge in [0.1, 0.15) is 17.9 Å². The molecule has 11 heteroatoms. The molecule has 0 unspecified atom stereocenters. The molecule has 2 aliphatic rings. The van der Waals surface area contributed by atoms with E-state index in [-0.39, 0.29) is 11.0 Å². The molecule has 0 bridgehead atoms. The predicted molar refractivity (Wildman–Crippen MR) is 170 cm³/mol. The molecule has 5 aromatic rings. The highest BCUT2D eigenvalue weighted by atomic mass is 32.2. The highest BCUT2D eigenvalue weighted by molar-refractivity contribution is 7.90. The summed E-state index contributed by atoms with van der Waals surface area (Å²) in [5.74, 6) is 0.508. The number of piperidine rings is 1. The summed E-state index contributed by atoms with van der Waals surface area (Å²) in [7, 11) is -1.82. The Bertz CT molecular complexity index is 1980. The lowest BCUT2D eigenvalue weighted by Gasteiger charge is -2.28. The fourth-order valence-electron chi connectivity index (χ4n) is 6.16. The van der Waals surface area contributed by atoms with Gasteiger partial charge in [0.2, 0.25) is 0 Å². The first-order valence-electron chi connectivity index (χ1n) is 15.2. The summed E-state index contributed by atoms with van der Waals surface area (Å²) < 4.78 is 42.6. The smallest absolute Gasteiger partial charge is 0.269 e. The van der Waals surface area contributed by atoms with E-state index in [0.29, 0.717) is 52.7 Å². The fourth-order valence-corrected chi connectivity index (χ4v) is 7.51. The van der Waals surface area contributed by atoms with Crippen molar-refractivity contribution < 1.29 is 17.9 Å². The summed E-state index contributed by atoms with van der Waals surface area (Å²) in [6.07, 6.45) is 10.8. The minimum atomic E-state index is -3.96. The molecule has 0 saturated carbocycles. The van der Waals surface area contributed by atoms with Crippen LogP contribution in [0.3, 0.4) is 0 Å². The van der Waals surface area contributed by atoms with Crippen LogP contribution in [0.2, 0.25) is 0 Å². The van der Waals surface area contributed by atoms with Gasteiger partial charge in [0.15, 0.2) is 5.65 Å². The zero-order chi connectivity index (χ0) is 31.0. The average molecular weight is 623 g/mol. The number of ether oxygens (including phenoxy) is 2. The van der Waals surface area contributed by atoms with Crippen LogP contribution in [-0.2, 0) is 14.8 Å². The molecular weight excluding hydrogens is 588 g/mol. The van der Waals surface area contributed by atoms with E-state index in [2.05, 4.69) is 23.1 Å². The van der Waals surface area contributed by atoms with Crippen molar-refractivity contribution in [2.45, 2.75) is 42.7 Å². The highest BCUT2D eigenvalue weighted by Gasteiger charge is 2.25. The van der Waals surface area contributed by atoms with Crippen molar-refractivity contribution in [2.75, 3.05) is 33.4 Å². The highest BCUT2D eigenvalue weighted by Crippen LogP contribution is 2.37. The largest absolute Gasteiger partial charge is 0.489 e. The van der Waals surface area contributed by atoms with Crippen LogP contribution in [0.4, 0.5) is 0 Å². The zero-order valence-corrected chi connectivity index (χ0v) is 25.9. The Balaban J connectivity index is 1.32. The van der Waals surface area contributed by atoms with E-state index in [1.165, 1.54) is 3.97 Å². The Labute approximate surface area is 262 Å². The van der Waals surface area contributed by atoms with Crippen molar-refractivity contribution in [3.63, 3.8) is 0 Å². The number of nitriles is 1. The standard InChI is InChI=1S/C34H34N6O4S/c1-38-13-9-28(10-14-38)39-22-27(21-37-39)26-18-31-32(23-40(34(31)36-20-26)45(41,42)30-5-3-2-4-6-30)24-7-8-33(25(17-24)19-35)44-29-11-15-43-16-12-29/h2-8,17-18,20-23,28-29H,9-16H2,1H3. The van der Waals surface area contributed by atoms with Crippen LogP contribution >= 0.6 is 0 Å². The lowest BCUT2D eigenvalue weighted by molar-refractivity contribution is 0.0254. The lowest BCUT2D eigenvalue weighted by atomic mass is 10.0. The molecule has 0 amide bonds. The van der Waals surface area contributed by atoms with E-state index < -0.39 is 10.0 Å². The number of hydrogen-bond acceptors (Lipinski definition) is 8. The molecule has 3 aromatic heterocycles. The molecule has 2 aliphatic heterocycles. The molecule has 0 spiro atoms. The van der Waals surface area contributed by atoms with Gasteiger partial charge >= 0.3 is 0 Å². The first kappa shape index (κ1) is 29.2. The second-order valence-electron chi connectivity index (χ2n) is 11.7. The van der Waals surface area contributed by atoms with E-state index >= 15 is 0 Å². The maximum Gasteiger partial charge on any atom is 0.269 e. The second-order valence-corrected chi connectivity index (χ2v) is 13.6. The molecule has 0 aliphatic carbocycles. The van der Waals surface area contributed by atoms with Crippen molar-refractivity contribution in [3.05, 3.63) is 84.9 Å². The minimum absolute atomic E-state index is 0.0168. The van der Waals surface area contributed by atoms with Crippen molar-refractivity contribution >= 4 is 21.1 Å². The third-order valence-corrected chi connectivity index (χ3v) is 10.4. The summed E-state index contributed by atoms with van der Waals surface area (Å²) in [6, 6.07) is 18.3. The number of pyridine rings is 1. The van der Waals surface area contributed by atoms with Gasteiger partial charge in [0, 0.05) is 53.5 Å². The number of hydrogen-bond donors (Lipinski definition) is 0. The molecule has 10 nitrogen and oxygen atoms in total. The normalized spacial score (nSPS) is 17.0. The third-order valence-electron chi connectivity index (χ3n) is 8.78. The van der Waals surface area contributed by atoms with Gasteiger partial charge in [-0.05, 0) is 68.9 Å². The molecule has 2 saturated heterocycles. The molecule has 7 rings (SSSR count). The van der Waals surface area contributed by atoms with Crippen LogP contribution in [0.25, 0.3) is 33.3 Å². The van der Waals surface area contributed by atoms with E-state index in [4.69, 9.17) is 14.5 Å². The zero-order valence-electron chi connectivity index (χ0n) is 25.0. The Kier molecular flexibility index (Phi) is 7.87. The number of benzene rings is 2. The summed E-state index contributed by atoms with van der Waals surface area (Å²) >= 11 is 0. The predicted octanol–water partition coefficient (Wildman–Crippen LogP) is 5.50. The summed E-state index contributed by atoms with van der Waals surface area (Å²) in [5.41, 5.74) is 3.77. The van der Waals surface area contributed by atoms with Crippen LogP contribution < -0.4 is 4.74 Å². The minimum Gasteiger partial charge on any atom is -0.489 e.